The van der Waals surface area contributed by atoms with Crippen LogP contribution in [-0.2, 0) is 9.84 Å². The third kappa shape index (κ3) is 2.87. The average molecular weight is 323 g/mol. The standard InChI is InChI=1S/C17H13N3O2S/c18-11-17(23(21,22)16-9-5-2-6-10-16)14-12-19-20(13-14)15-7-3-1-4-8-15/h1-10,12-13,17H. The molecule has 3 rings (SSSR count). The fraction of sp³-hybridized carbons (Fsp3) is 0.0588. The van der Waals surface area contributed by atoms with Crippen LogP contribution in [0.2, 0.25) is 0 Å². The van der Waals surface area contributed by atoms with Gasteiger partial charge in [-0.05, 0) is 24.3 Å². The Kier molecular flexibility index (Phi) is 3.96. The molecule has 23 heavy (non-hydrogen) atoms. The van der Waals surface area contributed by atoms with E-state index in [-0.39, 0.29) is 4.90 Å². The van der Waals surface area contributed by atoms with Crippen LogP contribution in [0.4, 0.5) is 0 Å². The zero-order valence-corrected chi connectivity index (χ0v) is 12.9. The van der Waals surface area contributed by atoms with Crippen molar-refractivity contribution in [1.29, 1.82) is 5.26 Å². The van der Waals surface area contributed by atoms with Crippen molar-refractivity contribution >= 4 is 9.84 Å². The fourth-order valence-corrected chi connectivity index (χ4v) is 3.69. The molecule has 0 saturated heterocycles. The zero-order valence-electron chi connectivity index (χ0n) is 12.1. The molecule has 1 aromatic heterocycles. The van der Waals surface area contributed by atoms with Gasteiger partial charge in [-0.3, -0.25) is 0 Å². The number of aromatic nitrogens is 2. The van der Waals surface area contributed by atoms with Gasteiger partial charge in [-0.1, -0.05) is 36.4 Å². The van der Waals surface area contributed by atoms with E-state index in [1.54, 1.807) is 29.1 Å². The lowest BCUT2D eigenvalue weighted by Crippen LogP contribution is -2.11. The van der Waals surface area contributed by atoms with E-state index in [0.717, 1.165) is 5.69 Å². The Balaban J connectivity index is 2.00. The molecule has 0 aliphatic heterocycles. The second kappa shape index (κ2) is 6.07. The molecule has 0 N–H and O–H groups in total. The summed E-state index contributed by atoms with van der Waals surface area (Å²) in [4.78, 5) is 0.124. The van der Waals surface area contributed by atoms with Crippen LogP contribution >= 0.6 is 0 Å². The highest BCUT2D eigenvalue weighted by Gasteiger charge is 2.30. The molecule has 1 heterocycles. The summed E-state index contributed by atoms with van der Waals surface area (Å²) in [5.74, 6) is 0. The molecule has 0 saturated carbocycles. The minimum atomic E-state index is -3.79. The van der Waals surface area contributed by atoms with Crippen LogP contribution in [0.15, 0.2) is 78.0 Å². The quantitative estimate of drug-likeness (QED) is 0.740. The first-order chi connectivity index (χ1) is 11.1. The third-order valence-electron chi connectivity index (χ3n) is 3.43. The van der Waals surface area contributed by atoms with Crippen molar-refractivity contribution in [1.82, 2.24) is 9.78 Å². The molecule has 6 heteroatoms. The Morgan fingerprint density at radius 1 is 1.00 bits per heavy atom. The van der Waals surface area contributed by atoms with Crippen molar-refractivity contribution in [3.8, 4) is 11.8 Å². The summed E-state index contributed by atoms with van der Waals surface area (Å²) in [6, 6.07) is 19.2. The Morgan fingerprint density at radius 3 is 2.22 bits per heavy atom. The Labute approximate surface area is 134 Å². The summed E-state index contributed by atoms with van der Waals surface area (Å²) in [6.07, 6.45) is 2.99. The van der Waals surface area contributed by atoms with Gasteiger partial charge in [0, 0.05) is 11.8 Å². The molecule has 5 nitrogen and oxygen atoms in total. The van der Waals surface area contributed by atoms with E-state index >= 15 is 0 Å². The summed E-state index contributed by atoms with van der Waals surface area (Å²) in [5.41, 5.74) is 1.15. The highest BCUT2D eigenvalue weighted by Crippen LogP contribution is 2.28. The Hall–Kier alpha value is -2.91. The van der Waals surface area contributed by atoms with Gasteiger partial charge in [-0.15, -0.1) is 0 Å². The lowest BCUT2D eigenvalue weighted by Gasteiger charge is -2.08. The van der Waals surface area contributed by atoms with Gasteiger partial charge in [0.1, 0.15) is 0 Å². The number of sulfone groups is 1. The van der Waals surface area contributed by atoms with E-state index in [1.165, 1.54) is 18.3 Å². The zero-order chi connectivity index (χ0) is 16.3. The summed E-state index contributed by atoms with van der Waals surface area (Å²) in [6.45, 7) is 0. The second-order valence-corrected chi connectivity index (χ2v) is 6.95. The number of nitrogens with zero attached hydrogens (tertiary/aromatic N) is 3. The van der Waals surface area contributed by atoms with Crippen LogP contribution < -0.4 is 0 Å². The van der Waals surface area contributed by atoms with Gasteiger partial charge in [0.25, 0.3) is 0 Å². The van der Waals surface area contributed by atoms with E-state index < -0.39 is 15.1 Å². The summed E-state index contributed by atoms with van der Waals surface area (Å²) < 4.78 is 26.9. The van der Waals surface area contributed by atoms with Gasteiger partial charge < -0.3 is 0 Å². The SMILES string of the molecule is N#CC(c1cnn(-c2ccccc2)c1)S(=O)(=O)c1ccccc1. The smallest absolute Gasteiger partial charge is 0.198 e. The summed E-state index contributed by atoms with van der Waals surface area (Å²) in [5, 5.41) is 12.3. The highest BCUT2D eigenvalue weighted by atomic mass is 32.2. The first-order valence-corrected chi connectivity index (χ1v) is 8.46. The van der Waals surface area contributed by atoms with Gasteiger partial charge >= 0.3 is 0 Å². The van der Waals surface area contributed by atoms with Gasteiger partial charge in [-0.2, -0.15) is 10.4 Å². The number of hydrogen-bond acceptors (Lipinski definition) is 4. The van der Waals surface area contributed by atoms with Gasteiger partial charge in [0.15, 0.2) is 15.1 Å². The minimum Gasteiger partial charge on any atom is -0.241 e. The van der Waals surface area contributed by atoms with Crippen molar-refractivity contribution in [3.63, 3.8) is 0 Å². The molecule has 2 aromatic carbocycles. The average Bonchev–Trinajstić information content (AvgIpc) is 3.06. The first-order valence-electron chi connectivity index (χ1n) is 6.91. The van der Waals surface area contributed by atoms with E-state index in [9.17, 15) is 13.7 Å². The number of para-hydroxylation sites is 1. The predicted molar refractivity (Wildman–Crippen MR) is 85.5 cm³/mol. The number of hydrogen-bond donors (Lipinski definition) is 0. The number of nitriles is 1. The fourth-order valence-electron chi connectivity index (χ4n) is 2.26. The monoisotopic (exact) mass is 323 g/mol. The van der Waals surface area contributed by atoms with E-state index in [1.807, 2.05) is 36.4 Å². The maximum atomic E-state index is 12.7. The molecule has 0 aliphatic rings. The number of benzene rings is 2. The lowest BCUT2D eigenvalue weighted by atomic mass is 10.3. The molecule has 0 spiro atoms. The van der Waals surface area contributed by atoms with Crippen LogP contribution in [0.25, 0.3) is 5.69 Å². The molecule has 1 unspecified atom stereocenters. The molecule has 3 aromatic rings. The predicted octanol–water partition coefficient (Wildman–Crippen LogP) is 2.91. The van der Waals surface area contributed by atoms with Crippen molar-refractivity contribution < 1.29 is 8.42 Å². The first kappa shape index (κ1) is 15.0. The third-order valence-corrected chi connectivity index (χ3v) is 5.35. The molecule has 0 aliphatic carbocycles. The van der Waals surface area contributed by atoms with Crippen molar-refractivity contribution in [2.75, 3.05) is 0 Å². The molecule has 0 amide bonds. The van der Waals surface area contributed by atoms with Crippen molar-refractivity contribution in [3.05, 3.63) is 78.6 Å². The lowest BCUT2D eigenvalue weighted by molar-refractivity contribution is 0.591. The number of rotatable bonds is 4. The second-order valence-electron chi connectivity index (χ2n) is 4.92. The molecule has 0 bridgehead atoms. The van der Waals surface area contributed by atoms with Gasteiger partial charge in [0.2, 0.25) is 0 Å². The van der Waals surface area contributed by atoms with E-state index in [4.69, 9.17) is 0 Å². The summed E-state index contributed by atoms with van der Waals surface area (Å²) >= 11 is 0. The Bertz CT molecular complexity index is 942. The molecule has 0 radical (unpaired) electrons. The molecule has 1 atom stereocenters. The molecular formula is C17H13N3O2S. The van der Waals surface area contributed by atoms with Crippen LogP contribution in [-0.4, -0.2) is 18.2 Å². The van der Waals surface area contributed by atoms with Crippen LogP contribution in [0.5, 0.6) is 0 Å². The maximum absolute atomic E-state index is 12.7. The van der Waals surface area contributed by atoms with Crippen molar-refractivity contribution in [2.24, 2.45) is 0 Å². The van der Waals surface area contributed by atoms with Gasteiger partial charge in [0.05, 0.1) is 22.8 Å². The summed E-state index contributed by atoms with van der Waals surface area (Å²) in [7, 11) is -3.79. The largest absolute Gasteiger partial charge is 0.241 e. The van der Waals surface area contributed by atoms with Crippen LogP contribution in [0.1, 0.15) is 10.8 Å². The Morgan fingerprint density at radius 2 is 1.61 bits per heavy atom. The van der Waals surface area contributed by atoms with Crippen LogP contribution in [0.3, 0.4) is 0 Å². The van der Waals surface area contributed by atoms with Crippen molar-refractivity contribution in [2.45, 2.75) is 10.1 Å². The molecule has 114 valence electrons. The molecular weight excluding hydrogens is 310 g/mol. The maximum Gasteiger partial charge on any atom is 0.198 e. The van der Waals surface area contributed by atoms with E-state index in [0.29, 0.717) is 5.56 Å². The highest BCUT2D eigenvalue weighted by molar-refractivity contribution is 7.92. The normalized spacial score (nSPS) is 12.5. The van der Waals surface area contributed by atoms with E-state index in [2.05, 4.69) is 5.10 Å². The van der Waals surface area contributed by atoms with Gasteiger partial charge in [-0.25, -0.2) is 13.1 Å². The topological polar surface area (TPSA) is 75.8 Å². The molecule has 0 fully saturated rings. The van der Waals surface area contributed by atoms with Crippen LogP contribution in [0, 0.1) is 11.3 Å². The minimum absolute atomic E-state index is 0.124.